The molecule has 0 atom stereocenters. The first-order chi connectivity index (χ1) is 10.4. The summed E-state index contributed by atoms with van der Waals surface area (Å²) in [7, 11) is -1.99. The number of hydrogen-bond donors (Lipinski definition) is 0. The van der Waals surface area contributed by atoms with Gasteiger partial charge in [-0.1, -0.05) is 6.07 Å². The third kappa shape index (κ3) is 3.31. The molecule has 22 heavy (non-hydrogen) atoms. The van der Waals surface area contributed by atoms with Crippen molar-refractivity contribution in [2.24, 2.45) is 0 Å². The van der Waals surface area contributed by atoms with Gasteiger partial charge in [-0.05, 0) is 67.8 Å². The van der Waals surface area contributed by atoms with Crippen LogP contribution in [0.15, 0.2) is 46.2 Å². The summed E-state index contributed by atoms with van der Waals surface area (Å²) in [6, 6.07) is 10.0. The molecule has 0 fully saturated rings. The average Bonchev–Trinajstić information content (AvgIpc) is 2.48. The van der Waals surface area contributed by atoms with Crippen molar-refractivity contribution < 1.29 is 17.9 Å². The predicted octanol–water partition coefficient (Wildman–Crippen LogP) is 3.43. The summed E-state index contributed by atoms with van der Waals surface area (Å²) in [5, 5.41) is 0. The number of ether oxygens (including phenoxy) is 2. The summed E-state index contributed by atoms with van der Waals surface area (Å²) < 4.78 is 35.6. The van der Waals surface area contributed by atoms with Crippen molar-refractivity contribution in [2.75, 3.05) is 13.9 Å². The molecule has 118 valence electrons. The van der Waals surface area contributed by atoms with Crippen LogP contribution in [-0.2, 0) is 14.6 Å². The van der Waals surface area contributed by atoms with E-state index in [-0.39, 0.29) is 11.7 Å². The first-order valence-corrected chi connectivity index (χ1v) is 8.39. The molecular formula is C17H20O4S. The summed E-state index contributed by atoms with van der Waals surface area (Å²) in [5.41, 5.74) is 2.78. The largest absolute Gasteiger partial charge is 0.467 e. The lowest BCUT2D eigenvalue weighted by Crippen LogP contribution is -2.05. The summed E-state index contributed by atoms with van der Waals surface area (Å²) in [6.07, 6.45) is 0. The second kappa shape index (κ2) is 6.50. The molecule has 0 bridgehead atoms. The van der Waals surface area contributed by atoms with Gasteiger partial charge in [0.05, 0.1) is 9.79 Å². The van der Waals surface area contributed by atoms with Gasteiger partial charge < -0.3 is 9.47 Å². The van der Waals surface area contributed by atoms with Crippen LogP contribution in [0.1, 0.15) is 16.7 Å². The molecule has 2 aromatic rings. The van der Waals surface area contributed by atoms with E-state index in [0.717, 1.165) is 16.7 Å². The van der Waals surface area contributed by atoms with Crippen molar-refractivity contribution in [3.63, 3.8) is 0 Å². The number of methoxy groups -OCH3 is 1. The minimum Gasteiger partial charge on any atom is -0.467 e. The summed E-state index contributed by atoms with van der Waals surface area (Å²) in [5.74, 6) is 0.612. The van der Waals surface area contributed by atoms with Gasteiger partial charge in [-0.15, -0.1) is 0 Å². The molecule has 0 aliphatic carbocycles. The van der Waals surface area contributed by atoms with Gasteiger partial charge in [0.2, 0.25) is 9.84 Å². The van der Waals surface area contributed by atoms with Gasteiger partial charge in [0, 0.05) is 7.11 Å². The molecule has 2 rings (SSSR count). The Morgan fingerprint density at radius 3 is 2.00 bits per heavy atom. The molecule has 0 radical (unpaired) electrons. The number of rotatable bonds is 5. The van der Waals surface area contributed by atoms with Gasteiger partial charge in [-0.3, -0.25) is 0 Å². The highest BCUT2D eigenvalue weighted by Crippen LogP contribution is 2.27. The fourth-order valence-corrected chi connectivity index (χ4v) is 3.52. The van der Waals surface area contributed by atoms with Crippen molar-refractivity contribution >= 4 is 9.84 Å². The van der Waals surface area contributed by atoms with Crippen LogP contribution in [0.25, 0.3) is 0 Å². The zero-order valence-corrected chi connectivity index (χ0v) is 14.0. The SMILES string of the molecule is COCOc1ccc(S(=O)(=O)c2ccc(C)c(C)c2)cc1C. The van der Waals surface area contributed by atoms with E-state index < -0.39 is 9.84 Å². The first-order valence-electron chi connectivity index (χ1n) is 6.91. The van der Waals surface area contributed by atoms with Gasteiger partial charge in [-0.2, -0.15) is 0 Å². The molecule has 0 spiro atoms. The van der Waals surface area contributed by atoms with Crippen LogP contribution >= 0.6 is 0 Å². The fraction of sp³-hybridized carbons (Fsp3) is 0.294. The molecule has 4 nitrogen and oxygen atoms in total. The molecule has 2 aromatic carbocycles. The Hall–Kier alpha value is -1.85. The Bertz CT molecular complexity index is 779. The van der Waals surface area contributed by atoms with Crippen molar-refractivity contribution in [2.45, 2.75) is 30.6 Å². The lowest BCUT2D eigenvalue weighted by Gasteiger charge is -2.11. The maximum atomic E-state index is 12.7. The number of aryl methyl sites for hydroxylation is 3. The first kappa shape index (κ1) is 16.5. The standard InChI is InChI=1S/C17H20O4S/c1-12-5-6-15(9-13(12)2)22(18,19)16-7-8-17(14(3)10-16)21-11-20-4/h5-10H,11H2,1-4H3. The van der Waals surface area contributed by atoms with Crippen molar-refractivity contribution in [1.82, 2.24) is 0 Å². The highest BCUT2D eigenvalue weighted by Gasteiger charge is 2.19. The number of sulfone groups is 1. The lowest BCUT2D eigenvalue weighted by atomic mass is 10.1. The zero-order chi connectivity index (χ0) is 16.3. The fourth-order valence-electron chi connectivity index (χ4n) is 2.09. The van der Waals surface area contributed by atoms with E-state index in [4.69, 9.17) is 9.47 Å². The second-order valence-corrected chi connectivity index (χ2v) is 7.18. The van der Waals surface area contributed by atoms with E-state index in [9.17, 15) is 8.42 Å². The predicted molar refractivity (Wildman–Crippen MR) is 85.1 cm³/mol. The molecule has 0 saturated carbocycles. The Morgan fingerprint density at radius 2 is 1.45 bits per heavy atom. The molecule has 0 heterocycles. The van der Waals surface area contributed by atoms with Crippen LogP contribution in [0.4, 0.5) is 0 Å². The lowest BCUT2D eigenvalue weighted by molar-refractivity contribution is 0.0506. The van der Waals surface area contributed by atoms with Gasteiger partial charge in [0.1, 0.15) is 5.75 Å². The van der Waals surface area contributed by atoms with E-state index in [1.165, 1.54) is 7.11 Å². The van der Waals surface area contributed by atoms with Gasteiger partial charge >= 0.3 is 0 Å². The quantitative estimate of drug-likeness (QED) is 0.792. The summed E-state index contributed by atoms with van der Waals surface area (Å²) in [6.45, 7) is 5.80. The molecular weight excluding hydrogens is 300 g/mol. The number of hydrogen-bond acceptors (Lipinski definition) is 4. The molecule has 0 N–H and O–H groups in total. The van der Waals surface area contributed by atoms with Crippen LogP contribution in [0.3, 0.4) is 0 Å². The van der Waals surface area contributed by atoms with E-state index in [1.54, 1.807) is 30.3 Å². The van der Waals surface area contributed by atoms with Crippen LogP contribution in [-0.4, -0.2) is 22.3 Å². The maximum Gasteiger partial charge on any atom is 0.206 e. The second-order valence-electron chi connectivity index (χ2n) is 5.23. The maximum absolute atomic E-state index is 12.7. The van der Waals surface area contributed by atoms with Crippen molar-refractivity contribution in [1.29, 1.82) is 0 Å². The molecule has 0 aliphatic rings. The smallest absolute Gasteiger partial charge is 0.206 e. The molecule has 5 heteroatoms. The summed E-state index contributed by atoms with van der Waals surface area (Å²) >= 11 is 0. The van der Waals surface area contributed by atoms with E-state index in [2.05, 4.69) is 0 Å². The third-order valence-corrected chi connectivity index (χ3v) is 5.33. The topological polar surface area (TPSA) is 52.6 Å². The van der Waals surface area contributed by atoms with Crippen LogP contribution in [0.5, 0.6) is 5.75 Å². The Labute approximate surface area is 131 Å². The van der Waals surface area contributed by atoms with E-state index >= 15 is 0 Å². The Balaban J connectivity index is 2.41. The molecule has 0 amide bonds. The highest BCUT2D eigenvalue weighted by molar-refractivity contribution is 7.91. The van der Waals surface area contributed by atoms with Crippen molar-refractivity contribution in [3.8, 4) is 5.75 Å². The normalized spacial score (nSPS) is 11.5. The third-order valence-electron chi connectivity index (χ3n) is 3.58. The highest BCUT2D eigenvalue weighted by atomic mass is 32.2. The molecule has 0 aliphatic heterocycles. The number of benzene rings is 2. The summed E-state index contributed by atoms with van der Waals surface area (Å²) in [4.78, 5) is 0.568. The molecule has 0 saturated heterocycles. The Morgan fingerprint density at radius 1 is 0.864 bits per heavy atom. The van der Waals surface area contributed by atoms with Gasteiger partial charge in [0.15, 0.2) is 6.79 Å². The molecule has 0 unspecified atom stereocenters. The van der Waals surface area contributed by atoms with Crippen LogP contribution in [0, 0.1) is 20.8 Å². The average molecular weight is 320 g/mol. The van der Waals surface area contributed by atoms with Crippen molar-refractivity contribution in [3.05, 3.63) is 53.1 Å². The monoisotopic (exact) mass is 320 g/mol. The van der Waals surface area contributed by atoms with Crippen LogP contribution < -0.4 is 4.74 Å². The molecule has 0 aromatic heterocycles. The van der Waals surface area contributed by atoms with Crippen LogP contribution in [0.2, 0.25) is 0 Å². The minimum atomic E-state index is -3.52. The zero-order valence-electron chi connectivity index (χ0n) is 13.2. The van der Waals surface area contributed by atoms with E-state index in [1.807, 2.05) is 26.8 Å². The van der Waals surface area contributed by atoms with E-state index in [0.29, 0.717) is 10.6 Å². The van der Waals surface area contributed by atoms with Gasteiger partial charge in [-0.25, -0.2) is 8.42 Å². The Kier molecular flexibility index (Phi) is 4.88. The van der Waals surface area contributed by atoms with Gasteiger partial charge in [0.25, 0.3) is 0 Å². The minimum absolute atomic E-state index is 0.129.